The highest BCUT2D eigenvalue weighted by atomic mass is 16.3. The number of rotatable bonds is 1. The molecule has 0 aromatic rings. The molecule has 0 amide bonds. The first-order valence-electron chi connectivity index (χ1n) is 7.20. The maximum Gasteiger partial charge on any atom is 0.0540 e. The Bertz CT molecular complexity index is 231. The van der Waals surface area contributed by atoms with Crippen LogP contribution in [0.15, 0.2) is 0 Å². The third kappa shape index (κ3) is 2.02. The number of hydrogen-bond acceptors (Lipinski definition) is 2. The second-order valence-corrected chi connectivity index (χ2v) is 6.35. The number of nitrogens with zero attached hydrogens (tertiary/aromatic N) is 1. The zero-order valence-electron chi connectivity index (χ0n) is 10.3. The van der Waals surface area contributed by atoms with Crippen molar-refractivity contribution in [2.45, 2.75) is 69.9 Å². The fraction of sp³-hybridized carbons (Fsp3) is 1.00. The van der Waals surface area contributed by atoms with Crippen LogP contribution in [0.1, 0.15) is 57.8 Å². The van der Waals surface area contributed by atoms with E-state index in [1.165, 1.54) is 58.0 Å². The Morgan fingerprint density at radius 2 is 1.50 bits per heavy atom. The summed E-state index contributed by atoms with van der Waals surface area (Å²) in [5.41, 5.74) is 0.624. The van der Waals surface area contributed by atoms with Gasteiger partial charge in [0.15, 0.2) is 0 Å². The van der Waals surface area contributed by atoms with Crippen LogP contribution in [0.4, 0.5) is 0 Å². The van der Waals surface area contributed by atoms with Crippen LogP contribution in [0.3, 0.4) is 0 Å². The molecule has 92 valence electrons. The summed E-state index contributed by atoms with van der Waals surface area (Å²) in [5, 5.41) is 9.60. The molecule has 2 heteroatoms. The summed E-state index contributed by atoms with van der Waals surface area (Å²) >= 11 is 0. The van der Waals surface area contributed by atoms with Gasteiger partial charge in [0.05, 0.1) is 6.10 Å². The summed E-state index contributed by atoms with van der Waals surface area (Å²) in [5.74, 6) is 0. The molecule has 1 heterocycles. The van der Waals surface area contributed by atoms with Crippen molar-refractivity contribution in [3.05, 3.63) is 0 Å². The van der Waals surface area contributed by atoms with Gasteiger partial charge in [0.1, 0.15) is 0 Å². The van der Waals surface area contributed by atoms with Gasteiger partial charge in [0.25, 0.3) is 0 Å². The Balaban J connectivity index is 1.53. The summed E-state index contributed by atoms with van der Waals surface area (Å²) in [6, 6.07) is 0.937. The minimum Gasteiger partial charge on any atom is -0.393 e. The zero-order valence-corrected chi connectivity index (χ0v) is 10.3. The second kappa shape index (κ2) is 4.30. The van der Waals surface area contributed by atoms with Crippen LogP contribution in [0.5, 0.6) is 0 Å². The van der Waals surface area contributed by atoms with E-state index >= 15 is 0 Å². The Labute approximate surface area is 99.0 Å². The van der Waals surface area contributed by atoms with Crippen LogP contribution in [0.2, 0.25) is 0 Å². The molecular formula is C14H25NO. The summed E-state index contributed by atoms with van der Waals surface area (Å²) in [7, 11) is 0. The number of hydrogen-bond donors (Lipinski definition) is 1. The molecule has 1 saturated heterocycles. The van der Waals surface area contributed by atoms with Crippen molar-refractivity contribution < 1.29 is 5.11 Å². The molecule has 2 saturated carbocycles. The van der Waals surface area contributed by atoms with E-state index in [1.54, 1.807) is 0 Å². The van der Waals surface area contributed by atoms with Gasteiger partial charge in [-0.2, -0.15) is 0 Å². The average Bonchev–Trinajstić information content (AvgIpc) is 2.24. The third-order valence-electron chi connectivity index (χ3n) is 5.47. The molecule has 1 aliphatic heterocycles. The lowest BCUT2D eigenvalue weighted by atomic mass is 9.67. The topological polar surface area (TPSA) is 23.5 Å². The van der Waals surface area contributed by atoms with E-state index < -0.39 is 0 Å². The number of aliphatic hydroxyl groups excluding tert-OH is 1. The van der Waals surface area contributed by atoms with Gasteiger partial charge in [-0.05, 0) is 69.9 Å². The van der Waals surface area contributed by atoms with Gasteiger partial charge in [-0.3, -0.25) is 0 Å². The fourth-order valence-corrected chi connectivity index (χ4v) is 3.83. The molecule has 3 aliphatic rings. The third-order valence-corrected chi connectivity index (χ3v) is 5.47. The van der Waals surface area contributed by atoms with E-state index in [0.717, 1.165) is 18.9 Å². The van der Waals surface area contributed by atoms with E-state index in [1.807, 2.05) is 0 Å². The van der Waals surface area contributed by atoms with Crippen molar-refractivity contribution in [3.8, 4) is 0 Å². The Morgan fingerprint density at radius 3 is 2.00 bits per heavy atom. The standard InChI is InChI=1S/C14H25NO/c16-13-4-6-14(7-5-13)8-10-15(11-9-14)12-2-1-3-12/h12-13,16H,1-11H2. The first-order valence-corrected chi connectivity index (χ1v) is 7.20. The van der Waals surface area contributed by atoms with E-state index in [9.17, 15) is 5.11 Å². The van der Waals surface area contributed by atoms with Gasteiger partial charge in [-0.25, -0.2) is 0 Å². The predicted molar refractivity (Wildman–Crippen MR) is 65.4 cm³/mol. The minimum absolute atomic E-state index is 0.00952. The number of aliphatic hydroxyl groups is 1. The Morgan fingerprint density at radius 1 is 0.875 bits per heavy atom. The molecule has 0 atom stereocenters. The molecule has 2 aliphatic carbocycles. The van der Waals surface area contributed by atoms with Crippen molar-refractivity contribution in [1.29, 1.82) is 0 Å². The molecule has 0 radical (unpaired) electrons. The summed E-state index contributed by atoms with van der Waals surface area (Å²) in [4.78, 5) is 2.74. The predicted octanol–water partition coefficient (Wildman–Crippen LogP) is 2.56. The lowest BCUT2D eigenvalue weighted by Crippen LogP contribution is -2.48. The SMILES string of the molecule is OC1CCC2(CC1)CCN(C1CCC1)CC2. The first kappa shape index (κ1) is 11.0. The molecule has 3 fully saturated rings. The van der Waals surface area contributed by atoms with E-state index in [4.69, 9.17) is 0 Å². The number of likely N-dealkylation sites (tertiary alicyclic amines) is 1. The van der Waals surface area contributed by atoms with Gasteiger partial charge in [0.2, 0.25) is 0 Å². The summed E-state index contributed by atoms with van der Waals surface area (Å²) in [6.45, 7) is 2.67. The van der Waals surface area contributed by atoms with Gasteiger partial charge in [0, 0.05) is 6.04 Å². The maximum absolute atomic E-state index is 9.60. The van der Waals surface area contributed by atoms with Gasteiger partial charge in [-0.1, -0.05) is 6.42 Å². The van der Waals surface area contributed by atoms with E-state index in [0.29, 0.717) is 5.41 Å². The molecule has 0 bridgehead atoms. The molecule has 0 aromatic heterocycles. The van der Waals surface area contributed by atoms with Crippen LogP contribution < -0.4 is 0 Å². The molecule has 1 N–H and O–H groups in total. The monoisotopic (exact) mass is 223 g/mol. The summed E-state index contributed by atoms with van der Waals surface area (Å²) in [6.07, 6.45) is 11.9. The zero-order chi connectivity index (χ0) is 11.0. The molecule has 1 spiro atoms. The number of piperidine rings is 1. The lowest BCUT2D eigenvalue weighted by molar-refractivity contribution is -0.00490. The van der Waals surface area contributed by atoms with Crippen molar-refractivity contribution in [2.24, 2.45) is 5.41 Å². The largest absolute Gasteiger partial charge is 0.393 e. The van der Waals surface area contributed by atoms with Crippen LogP contribution >= 0.6 is 0 Å². The smallest absolute Gasteiger partial charge is 0.0540 e. The minimum atomic E-state index is 0.00952. The first-order chi connectivity index (χ1) is 7.77. The van der Waals surface area contributed by atoms with E-state index in [2.05, 4.69) is 4.90 Å². The van der Waals surface area contributed by atoms with Crippen molar-refractivity contribution >= 4 is 0 Å². The molecule has 0 unspecified atom stereocenters. The molecule has 16 heavy (non-hydrogen) atoms. The van der Waals surface area contributed by atoms with Gasteiger partial charge < -0.3 is 10.0 Å². The Hall–Kier alpha value is -0.0800. The van der Waals surface area contributed by atoms with Crippen molar-refractivity contribution in [3.63, 3.8) is 0 Å². The van der Waals surface area contributed by atoms with Gasteiger partial charge in [-0.15, -0.1) is 0 Å². The van der Waals surface area contributed by atoms with Crippen LogP contribution in [-0.2, 0) is 0 Å². The van der Waals surface area contributed by atoms with E-state index in [-0.39, 0.29) is 6.10 Å². The Kier molecular flexibility index (Phi) is 2.97. The molecule has 3 rings (SSSR count). The molecule has 2 nitrogen and oxygen atoms in total. The highest BCUT2D eigenvalue weighted by Gasteiger charge is 2.39. The van der Waals surface area contributed by atoms with Gasteiger partial charge >= 0.3 is 0 Å². The highest BCUT2D eigenvalue weighted by molar-refractivity contribution is 4.92. The molecular weight excluding hydrogens is 198 g/mol. The summed E-state index contributed by atoms with van der Waals surface area (Å²) < 4.78 is 0. The quantitative estimate of drug-likeness (QED) is 0.738. The molecule has 0 aromatic carbocycles. The lowest BCUT2D eigenvalue weighted by Gasteiger charge is -2.49. The van der Waals surface area contributed by atoms with Crippen LogP contribution in [-0.4, -0.2) is 35.2 Å². The average molecular weight is 223 g/mol. The second-order valence-electron chi connectivity index (χ2n) is 6.35. The van der Waals surface area contributed by atoms with Crippen LogP contribution in [0, 0.1) is 5.41 Å². The van der Waals surface area contributed by atoms with Crippen molar-refractivity contribution in [1.82, 2.24) is 4.90 Å². The van der Waals surface area contributed by atoms with Crippen molar-refractivity contribution in [2.75, 3.05) is 13.1 Å². The normalized spacial score (nSPS) is 32.8. The highest BCUT2D eigenvalue weighted by Crippen LogP contribution is 2.45. The maximum atomic E-state index is 9.60. The fourth-order valence-electron chi connectivity index (χ4n) is 3.83. The van der Waals surface area contributed by atoms with Crippen LogP contribution in [0.25, 0.3) is 0 Å².